The average Bonchev–Trinajstić information content (AvgIpc) is 3.20. The third-order valence-electron chi connectivity index (χ3n) is 6.57. The molecule has 0 fully saturated rings. The van der Waals surface area contributed by atoms with Crippen molar-refractivity contribution in [2.24, 2.45) is 0 Å². The van der Waals surface area contributed by atoms with Crippen molar-refractivity contribution in [2.45, 2.75) is 18.9 Å². The molecule has 1 aromatic heterocycles. The van der Waals surface area contributed by atoms with Crippen LogP contribution in [0.4, 0.5) is 11.4 Å². The van der Waals surface area contributed by atoms with Gasteiger partial charge in [0.2, 0.25) is 0 Å². The van der Waals surface area contributed by atoms with E-state index in [0.29, 0.717) is 5.92 Å². The highest BCUT2D eigenvalue weighted by Gasteiger charge is 2.29. The standard InChI is InChI=1S/C29H24N2/c1-20-24-12-6-5-9-21(24)15-18-29(20)31(22-10-3-2-4-11-22)23-16-17-28-26(19-23)25-13-7-8-14-27(25)30-28/h2-20,29-30H,1H3. The number of aromatic amines is 1. The summed E-state index contributed by atoms with van der Waals surface area (Å²) in [4.78, 5) is 6.04. The van der Waals surface area contributed by atoms with Gasteiger partial charge >= 0.3 is 0 Å². The van der Waals surface area contributed by atoms with Crippen molar-refractivity contribution in [2.75, 3.05) is 4.90 Å². The number of nitrogens with one attached hydrogen (secondary N) is 1. The summed E-state index contributed by atoms with van der Waals surface area (Å²) < 4.78 is 0. The number of anilines is 2. The molecule has 6 rings (SSSR count). The molecule has 1 aliphatic carbocycles. The summed E-state index contributed by atoms with van der Waals surface area (Å²) in [6, 6.07) is 35.1. The van der Waals surface area contributed by atoms with Gasteiger partial charge in [-0.2, -0.15) is 0 Å². The van der Waals surface area contributed by atoms with Crippen molar-refractivity contribution in [1.29, 1.82) is 0 Å². The lowest BCUT2D eigenvalue weighted by atomic mass is 9.83. The van der Waals surface area contributed by atoms with Gasteiger partial charge in [0.1, 0.15) is 0 Å². The maximum Gasteiger partial charge on any atom is 0.0591 e. The molecule has 5 aromatic rings. The third-order valence-corrected chi connectivity index (χ3v) is 6.57. The van der Waals surface area contributed by atoms with E-state index >= 15 is 0 Å². The number of para-hydroxylation sites is 2. The van der Waals surface area contributed by atoms with Crippen molar-refractivity contribution in [1.82, 2.24) is 4.98 Å². The molecule has 1 heterocycles. The van der Waals surface area contributed by atoms with Gasteiger partial charge in [0.15, 0.2) is 0 Å². The number of nitrogens with zero attached hydrogens (tertiary/aromatic N) is 1. The highest BCUT2D eigenvalue weighted by Crippen LogP contribution is 2.40. The van der Waals surface area contributed by atoms with Crippen LogP contribution in [-0.4, -0.2) is 11.0 Å². The molecule has 31 heavy (non-hydrogen) atoms. The zero-order chi connectivity index (χ0) is 20.8. The first-order valence-electron chi connectivity index (χ1n) is 10.9. The lowest BCUT2D eigenvalue weighted by Crippen LogP contribution is -2.35. The highest BCUT2D eigenvalue weighted by molar-refractivity contribution is 6.08. The summed E-state index contributed by atoms with van der Waals surface area (Å²) in [5, 5.41) is 2.53. The van der Waals surface area contributed by atoms with Crippen LogP contribution in [0, 0.1) is 0 Å². The number of hydrogen-bond acceptors (Lipinski definition) is 1. The van der Waals surface area contributed by atoms with Crippen LogP contribution in [0.15, 0.2) is 103 Å². The van der Waals surface area contributed by atoms with Gasteiger partial charge < -0.3 is 9.88 Å². The maximum absolute atomic E-state index is 3.55. The summed E-state index contributed by atoms with van der Waals surface area (Å²) in [6.45, 7) is 2.34. The maximum atomic E-state index is 3.55. The van der Waals surface area contributed by atoms with Gasteiger partial charge in [-0.1, -0.05) is 79.7 Å². The van der Waals surface area contributed by atoms with Gasteiger partial charge in [-0.05, 0) is 47.5 Å². The molecule has 0 spiro atoms. The second-order valence-corrected chi connectivity index (χ2v) is 8.37. The van der Waals surface area contributed by atoms with Crippen molar-refractivity contribution in [3.63, 3.8) is 0 Å². The predicted octanol–water partition coefficient (Wildman–Crippen LogP) is 7.66. The number of hydrogen-bond donors (Lipinski definition) is 1. The van der Waals surface area contributed by atoms with Gasteiger partial charge in [0.25, 0.3) is 0 Å². The van der Waals surface area contributed by atoms with E-state index in [0.717, 1.165) is 0 Å². The lowest BCUT2D eigenvalue weighted by molar-refractivity contribution is 0.640. The van der Waals surface area contributed by atoms with Crippen molar-refractivity contribution in [3.8, 4) is 0 Å². The Labute approximate surface area is 182 Å². The fraction of sp³-hybridized carbons (Fsp3) is 0.103. The van der Waals surface area contributed by atoms with Gasteiger partial charge in [-0.25, -0.2) is 0 Å². The average molecular weight is 401 g/mol. The molecule has 150 valence electrons. The summed E-state index contributed by atoms with van der Waals surface area (Å²) in [7, 11) is 0. The Kier molecular flexibility index (Phi) is 4.17. The molecule has 0 saturated carbocycles. The Morgan fingerprint density at radius 2 is 1.42 bits per heavy atom. The highest BCUT2D eigenvalue weighted by atomic mass is 15.2. The fourth-order valence-electron chi connectivity index (χ4n) is 5.01. The van der Waals surface area contributed by atoms with Crippen LogP contribution in [0.2, 0.25) is 0 Å². The first-order chi connectivity index (χ1) is 15.3. The largest absolute Gasteiger partial charge is 0.355 e. The molecule has 4 aromatic carbocycles. The second-order valence-electron chi connectivity index (χ2n) is 8.37. The van der Waals surface area contributed by atoms with E-state index in [2.05, 4.69) is 126 Å². The molecule has 1 N–H and O–H groups in total. The van der Waals surface area contributed by atoms with Crippen molar-refractivity contribution >= 4 is 39.3 Å². The number of fused-ring (bicyclic) bond motifs is 4. The van der Waals surface area contributed by atoms with Crippen LogP contribution < -0.4 is 4.90 Å². The Morgan fingerprint density at radius 3 is 2.32 bits per heavy atom. The molecule has 0 amide bonds. The molecule has 2 unspecified atom stereocenters. The molecular formula is C29H24N2. The summed E-state index contributed by atoms with van der Waals surface area (Å²) >= 11 is 0. The van der Waals surface area contributed by atoms with Crippen LogP contribution in [0.3, 0.4) is 0 Å². The minimum atomic E-state index is 0.236. The van der Waals surface area contributed by atoms with Crippen LogP contribution in [0.5, 0.6) is 0 Å². The Balaban J connectivity index is 1.53. The normalized spacial score (nSPS) is 17.7. The molecular weight excluding hydrogens is 376 g/mol. The van der Waals surface area contributed by atoms with E-state index in [1.54, 1.807) is 0 Å². The zero-order valence-electron chi connectivity index (χ0n) is 17.5. The SMILES string of the molecule is CC1c2ccccc2C=CC1N(c1ccccc1)c1ccc2[nH]c3ccccc3c2c1. The molecule has 2 atom stereocenters. The first kappa shape index (κ1) is 18.0. The van der Waals surface area contributed by atoms with E-state index < -0.39 is 0 Å². The smallest absolute Gasteiger partial charge is 0.0591 e. The summed E-state index contributed by atoms with van der Waals surface area (Å²) in [5.41, 5.74) is 7.51. The van der Waals surface area contributed by atoms with Gasteiger partial charge in [0, 0.05) is 39.1 Å². The minimum absolute atomic E-state index is 0.236. The Morgan fingerprint density at radius 1 is 0.677 bits per heavy atom. The van der Waals surface area contributed by atoms with Crippen LogP contribution >= 0.6 is 0 Å². The predicted molar refractivity (Wildman–Crippen MR) is 132 cm³/mol. The van der Waals surface area contributed by atoms with E-state index in [1.165, 1.54) is 44.3 Å². The summed E-state index contributed by atoms with van der Waals surface area (Å²) in [6.07, 6.45) is 4.64. The molecule has 0 radical (unpaired) electrons. The third kappa shape index (κ3) is 2.95. The number of rotatable bonds is 3. The van der Waals surface area contributed by atoms with Crippen LogP contribution in [0.1, 0.15) is 24.0 Å². The molecule has 0 bridgehead atoms. The van der Waals surface area contributed by atoms with E-state index in [4.69, 9.17) is 0 Å². The minimum Gasteiger partial charge on any atom is -0.355 e. The zero-order valence-corrected chi connectivity index (χ0v) is 17.5. The van der Waals surface area contributed by atoms with Crippen LogP contribution in [0.25, 0.3) is 27.9 Å². The topological polar surface area (TPSA) is 19.0 Å². The van der Waals surface area contributed by atoms with Gasteiger partial charge in [-0.15, -0.1) is 0 Å². The van der Waals surface area contributed by atoms with Crippen molar-refractivity contribution < 1.29 is 0 Å². The number of benzene rings is 4. The monoisotopic (exact) mass is 400 g/mol. The van der Waals surface area contributed by atoms with Gasteiger partial charge in [0.05, 0.1) is 6.04 Å². The molecule has 0 aliphatic heterocycles. The Bertz CT molecular complexity index is 1410. The molecule has 2 nitrogen and oxygen atoms in total. The molecule has 2 heteroatoms. The number of aromatic nitrogens is 1. The first-order valence-corrected chi connectivity index (χ1v) is 10.9. The summed E-state index contributed by atoms with van der Waals surface area (Å²) in [5.74, 6) is 0.375. The quantitative estimate of drug-likeness (QED) is 0.329. The van der Waals surface area contributed by atoms with E-state index in [1.807, 2.05) is 0 Å². The lowest BCUT2D eigenvalue weighted by Gasteiger charge is -2.38. The molecule has 1 aliphatic rings. The number of H-pyrrole nitrogens is 1. The molecule has 0 saturated heterocycles. The van der Waals surface area contributed by atoms with E-state index in [9.17, 15) is 0 Å². The van der Waals surface area contributed by atoms with E-state index in [-0.39, 0.29) is 6.04 Å². The van der Waals surface area contributed by atoms with Crippen molar-refractivity contribution in [3.05, 3.63) is 114 Å². The Hall–Kier alpha value is -3.78. The van der Waals surface area contributed by atoms with Crippen LogP contribution in [-0.2, 0) is 0 Å². The fourth-order valence-corrected chi connectivity index (χ4v) is 5.01. The second kappa shape index (κ2) is 7.17. The van der Waals surface area contributed by atoms with Gasteiger partial charge in [-0.3, -0.25) is 0 Å².